The Morgan fingerprint density at radius 3 is 2.25 bits per heavy atom. The van der Waals surface area contributed by atoms with E-state index in [4.69, 9.17) is 0 Å². The van der Waals surface area contributed by atoms with Gasteiger partial charge in [-0.05, 0) is 25.2 Å². The van der Waals surface area contributed by atoms with Gasteiger partial charge in [-0.2, -0.15) is 0 Å². The van der Waals surface area contributed by atoms with Crippen molar-refractivity contribution >= 4 is 5.78 Å². The van der Waals surface area contributed by atoms with Crippen LogP contribution in [0.25, 0.3) is 0 Å². The highest BCUT2D eigenvalue weighted by Crippen LogP contribution is 2.30. The average molecular weight is 224 g/mol. The van der Waals surface area contributed by atoms with E-state index in [1.807, 2.05) is 0 Å². The van der Waals surface area contributed by atoms with Gasteiger partial charge in [0.15, 0.2) is 0 Å². The van der Waals surface area contributed by atoms with Crippen LogP contribution < -0.4 is 0 Å². The average Bonchev–Trinajstić information content (AvgIpc) is 2.21. The third-order valence-electron chi connectivity index (χ3n) is 3.30. The highest BCUT2D eigenvalue weighted by atomic mass is 16.1. The molecule has 0 aliphatic carbocycles. The minimum atomic E-state index is 0.244. The summed E-state index contributed by atoms with van der Waals surface area (Å²) in [4.78, 5) is 11.1. The standard InChI is InChI=1S/C15H28O/c1-6-8-10-12(3)15(9-7-2)13(4)11-14(5)16/h12,15H,4,6-11H2,1-3,5H3. The van der Waals surface area contributed by atoms with Gasteiger partial charge < -0.3 is 0 Å². The Kier molecular flexibility index (Phi) is 8.23. The number of carbonyl (C=O) groups excluding carboxylic acids is 1. The first-order valence-electron chi connectivity index (χ1n) is 6.69. The van der Waals surface area contributed by atoms with Crippen molar-refractivity contribution in [3.8, 4) is 0 Å². The molecule has 0 radical (unpaired) electrons. The van der Waals surface area contributed by atoms with Gasteiger partial charge in [0, 0.05) is 6.42 Å². The molecule has 0 aliphatic heterocycles. The Hall–Kier alpha value is -0.590. The van der Waals surface area contributed by atoms with Crippen LogP contribution in [0.5, 0.6) is 0 Å². The second-order valence-electron chi connectivity index (χ2n) is 5.05. The zero-order valence-corrected chi connectivity index (χ0v) is 11.5. The van der Waals surface area contributed by atoms with Crippen LogP contribution in [0.2, 0.25) is 0 Å². The number of hydrogen-bond donors (Lipinski definition) is 0. The van der Waals surface area contributed by atoms with Crippen molar-refractivity contribution < 1.29 is 4.79 Å². The summed E-state index contributed by atoms with van der Waals surface area (Å²) in [6.45, 7) is 12.5. The Balaban J connectivity index is 4.33. The van der Waals surface area contributed by atoms with Crippen LogP contribution in [0.15, 0.2) is 12.2 Å². The molecule has 0 aliphatic rings. The van der Waals surface area contributed by atoms with Crippen LogP contribution in [-0.2, 0) is 4.79 Å². The molecule has 0 saturated heterocycles. The van der Waals surface area contributed by atoms with E-state index in [9.17, 15) is 4.79 Å². The lowest BCUT2D eigenvalue weighted by Crippen LogP contribution is -2.15. The summed E-state index contributed by atoms with van der Waals surface area (Å²) in [5.74, 6) is 1.46. The number of rotatable bonds is 9. The molecule has 0 aromatic rings. The largest absolute Gasteiger partial charge is 0.300 e. The molecular formula is C15H28O. The van der Waals surface area contributed by atoms with E-state index in [0.717, 1.165) is 5.57 Å². The number of Topliss-reactive ketones (excluding diaryl/α,β-unsaturated/α-hetero) is 1. The fourth-order valence-electron chi connectivity index (χ4n) is 2.38. The van der Waals surface area contributed by atoms with Crippen LogP contribution in [0.1, 0.15) is 66.2 Å². The van der Waals surface area contributed by atoms with Gasteiger partial charge in [-0.15, -0.1) is 0 Å². The van der Waals surface area contributed by atoms with Gasteiger partial charge in [-0.25, -0.2) is 0 Å². The minimum Gasteiger partial charge on any atom is -0.300 e. The lowest BCUT2D eigenvalue weighted by atomic mass is 9.80. The zero-order valence-electron chi connectivity index (χ0n) is 11.5. The maximum atomic E-state index is 11.1. The monoisotopic (exact) mass is 224 g/mol. The quantitative estimate of drug-likeness (QED) is 0.516. The molecule has 2 atom stereocenters. The molecule has 0 aromatic carbocycles. The third kappa shape index (κ3) is 6.09. The SMILES string of the molecule is C=C(CC(C)=O)C(CCC)C(C)CCCC. The van der Waals surface area contributed by atoms with Crippen LogP contribution in [-0.4, -0.2) is 5.78 Å². The molecule has 16 heavy (non-hydrogen) atoms. The lowest BCUT2D eigenvalue weighted by Gasteiger charge is -2.25. The molecule has 0 bridgehead atoms. The molecule has 0 amide bonds. The van der Waals surface area contributed by atoms with E-state index >= 15 is 0 Å². The third-order valence-corrected chi connectivity index (χ3v) is 3.30. The molecule has 1 heteroatoms. The maximum Gasteiger partial charge on any atom is 0.133 e. The molecule has 1 nitrogen and oxygen atoms in total. The lowest BCUT2D eigenvalue weighted by molar-refractivity contribution is -0.116. The van der Waals surface area contributed by atoms with E-state index in [2.05, 4.69) is 27.4 Å². The molecular weight excluding hydrogens is 196 g/mol. The normalized spacial score (nSPS) is 14.5. The second-order valence-corrected chi connectivity index (χ2v) is 5.05. The summed E-state index contributed by atoms with van der Waals surface area (Å²) in [5, 5.41) is 0. The first-order chi connectivity index (χ1) is 7.52. The van der Waals surface area contributed by atoms with E-state index < -0.39 is 0 Å². The number of hydrogen-bond acceptors (Lipinski definition) is 1. The predicted molar refractivity (Wildman–Crippen MR) is 71.5 cm³/mol. The number of ketones is 1. The number of allylic oxidation sites excluding steroid dienone is 1. The van der Waals surface area contributed by atoms with E-state index in [1.54, 1.807) is 6.92 Å². The van der Waals surface area contributed by atoms with Crippen molar-refractivity contribution in [1.82, 2.24) is 0 Å². The zero-order chi connectivity index (χ0) is 12.6. The highest BCUT2D eigenvalue weighted by molar-refractivity contribution is 5.78. The van der Waals surface area contributed by atoms with Crippen molar-refractivity contribution in [1.29, 1.82) is 0 Å². The van der Waals surface area contributed by atoms with Crippen molar-refractivity contribution in [2.24, 2.45) is 11.8 Å². The first-order valence-corrected chi connectivity index (χ1v) is 6.69. The Bertz CT molecular complexity index is 217. The minimum absolute atomic E-state index is 0.244. The van der Waals surface area contributed by atoms with Crippen LogP contribution in [0.4, 0.5) is 0 Å². The highest BCUT2D eigenvalue weighted by Gasteiger charge is 2.19. The summed E-state index contributed by atoms with van der Waals surface area (Å²) in [7, 11) is 0. The second kappa shape index (κ2) is 8.55. The molecule has 0 aromatic heterocycles. The summed E-state index contributed by atoms with van der Waals surface area (Å²) in [6.07, 6.45) is 6.73. The molecule has 94 valence electrons. The van der Waals surface area contributed by atoms with Crippen molar-refractivity contribution in [3.63, 3.8) is 0 Å². The van der Waals surface area contributed by atoms with Crippen LogP contribution >= 0.6 is 0 Å². The summed E-state index contributed by atoms with van der Waals surface area (Å²) in [5.41, 5.74) is 1.15. The predicted octanol–water partition coefficient (Wildman–Crippen LogP) is 4.76. The fraction of sp³-hybridized carbons (Fsp3) is 0.800. The summed E-state index contributed by atoms with van der Waals surface area (Å²) in [6, 6.07) is 0. The Morgan fingerprint density at radius 2 is 1.81 bits per heavy atom. The van der Waals surface area contributed by atoms with Gasteiger partial charge in [0.1, 0.15) is 5.78 Å². The maximum absolute atomic E-state index is 11.1. The smallest absolute Gasteiger partial charge is 0.133 e. The Labute approximate surface area is 101 Å². The van der Waals surface area contributed by atoms with E-state index in [-0.39, 0.29) is 5.78 Å². The molecule has 0 heterocycles. The first kappa shape index (κ1) is 15.4. The van der Waals surface area contributed by atoms with Gasteiger partial charge in [0.2, 0.25) is 0 Å². The fourth-order valence-corrected chi connectivity index (χ4v) is 2.38. The molecule has 2 unspecified atom stereocenters. The molecule has 0 rings (SSSR count). The summed E-state index contributed by atoms with van der Waals surface area (Å²) < 4.78 is 0. The molecule has 0 spiro atoms. The number of carbonyl (C=O) groups is 1. The van der Waals surface area contributed by atoms with E-state index in [0.29, 0.717) is 18.3 Å². The van der Waals surface area contributed by atoms with Crippen LogP contribution in [0, 0.1) is 11.8 Å². The Morgan fingerprint density at radius 1 is 1.19 bits per heavy atom. The van der Waals surface area contributed by atoms with Gasteiger partial charge in [-0.1, -0.05) is 58.6 Å². The summed E-state index contributed by atoms with van der Waals surface area (Å²) >= 11 is 0. The van der Waals surface area contributed by atoms with Crippen LogP contribution in [0.3, 0.4) is 0 Å². The van der Waals surface area contributed by atoms with Crippen molar-refractivity contribution in [3.05, 3.63) is 12.2 Å². The van der Waals surface area contributed by atoms with Gasteiger partial charge in [0.25, 0.3) is 0 Å². The van der Waals surface area contributed by atoms with Crippen molar-refractivity contribution in [2.45, 2.75) is 66.2 Å². The molecule has 0 fully saturated rings. The van der Waals surface area contributed by atoms with Crippen molar-refractivity contribution in [2.75, 3.05) is 0 Å². The topological polar surface area (TPSA) is 17.1 Å². The van der Waals surface area contributed by atoms with Gasteiger partial charge in [-0.3, -0.25) is 4.79 Å². The molecule has 0 saturated carbocycles. The van der Waals surface area contributed by atoms with Gasteiger partial charge >= 0.3 is 0 Å². The van der Waals surface area contributed by atoms with E-state index in [1.165, 1.54) is 32.1 Å². The molecule has 0 N–H and O–H groups in total. The van der Waals surface area contributed by atoms with Gasteiger partial charge in [0.05, 0.1) is 0 Å². The number of unbranched alkanes of at least 4 members (excludes halogenated alkanes) is 1.